The van der Waals surface area contributed by atoms with Crippen LogP contribution in [-0.4, -0.2) is 39.6 Å². The maximum Gasteiger partial charge on any atom is 0.0178 e. The number of rotatable bonds is 3. The SMILES string of the molecule is CN(C)[C@H]1C[C@@H]2CC[C@@]1(CS(=O)[O-])C2(C)C. The Morgan fingerprint density at radius 3 is 2.50 bits per heavy atom. The van der Waals surface area contributed by atoms with E-state index < -0.39 is 11.1 Å². The van der Waals surface area contributed by atoms with E-state index in [0.29, 0.717) is 17.7 Å². The van der Waals surface area contributed by atoms with Crippen LogP contribution in [0, 0.1) is 16.7 Å². The van der Waals surface area contributed by atoms with Crippen molar-refractivity contribution >= 4 is 11.1 Å². The smallest absolute Gasteiger partial charge is 0.0178 e. The zero-order valence-electron chi connectivity index (χ0n) is 10.7. The van der Waals surface area contributed by atoms with Gasteiger partial charge in [-0.1, -0.05) is 24.9 Å². The maximum absolute atomic E-state index is 11.2. The number of hydrogen-bond donors (Lipinski definition) is 0. The van der Waals surface area contributed by atoms with Gasteiger partial charge in [0.2, 0.25) is 0 Å². The fourth-order valence-corrected chi connectivity index (χ4v) is 5.42. The van der Waals surface area contributed by atoms with Crippen molar-refractivity contribution in [3.63, 3.8) is 0 Å². The first-order chi connectivity index (χ1) is 7.31. The van der Waals surface area contributed by atoms with Crippen molar-refractivity contribution in [2.24, 2.45) is 16.7 Å². The van der Waals surface area contributed by atoms with Crippen LogP contribution in [0.25, 0.3) is 0 Å². The fraction of sp³-hybridized carbons (Fsp3) is 1.00. The molecule has 2 aliphatic rings. The highest BCUT2D eigenvalue weighted by atomic mass is 32.2. The molecule has 0 aliphatic heterocycles. The van der Waals surface area contributed by atoms with E-state index in [4.69, 9.17) is 0 Å². The van der Waals surface area contributed by atoms with Crippen LogP contribution in [0.3, 0.4) is 0 Å². The highest BCUT2D eigenvalue weighted by Gasteiger charge is 2.64. The van der Waals surface area contributed by atoms with E-state index in [1.54, 1.807) is 0 Å². The Morgan fingerprint density at radius 2 is 2.06 bits per heavy atom. The average molecular weight is 244 g/mol. The summed E-state index contributed by atoms with van der Waals surface area (Å²) in [6.07, 6.45) is 3.44. The summed E-state index contributed by atoms with van der Waals surface area (Å²) in [6.45, 7) is 4.53. The summed E-state index contributed by atoms with van der Waals surface area (Å²) in [6, 6.07) is 0.430. The second-order valence-electron chi connectivity index (χ2n) is 6.28. The molecule has 16 heavy (non-hydrogen) atoms. The average Bonchev–Trinajstić information content (AvgIpc) is 2.48. The molecule has 3 nitrogen and oxygen atoms in total. The summed E-state index contributed by atoms with van der Waals surface area (Å²) >= 11 is -1.93. The molecule has 0 aromatic heterocycles. The minimum atomic E-state index is -1.93. The van der Waals surface area contributed by atoms with Gasteiger partial charge in [-0.05, 0) is 44.7 Å². The van der Waals surface area contributed by atoms with Gasteiger partial charge in [0.15, 0.2) is 0 Å². The molecule has 0 aromatic rings. The van der Waals surface area contributed by atoms with Gasteiger partial charge in [0.1, 0.15) is 0 Å². The summed E-state index contributed by atoms with van der Waals surface area (Å²) in [4.78, 5) is 2.23. The summed E-state index contributed by atoms with van der Waals surface area (Å²) in [5, 5.41) is 0. The zero-order chi connectivity index (χ0) is 12.1. The Morgan fingerprint density at radius 1 is 1.44 bits per heavy atom. The van der Waals surface area contributed by atoms with E-state index in [0.717, 1.165) is 12.8 Å². The van der Waals surface area contributed by atoms with E-state index in [2.05, 4.69) is 32.8 Å². The quantitative estimate of drug-likeness (QED) is 0.709. The van der Waals surface area contributed by atoms with Crippen LogP contribution in [0.2, 0.25) is 0 Å². The molecule has 0 radical (unpaired) electrons. The van der Waals surface area contributed by atoms with Crippen molar-refractivity contribution in [2.45, 2.75) is 39.2 Å². The van der Waals surface area contributed by atoms with Gasteiger partial charge in [-0.25, -0.2) is 0 Å². The van der Waals surface area contributed by atoms with Crippen LogP contribution < -0.4 is 0 Å². The minimum Gasteiger partial charge on any atom is -0.772 e. The number of fused-ring (bicyclic) bond motifs is 2. The summed E-state index contributed by atoms with van der Waals surface area (Å²) < 4.78 is 22.4. The molecule has 94 valence electrons. The zero-order valence-corrected chi connectivity index (χ0v) is 11.5. The van der Waals surface area contributed by atoms with E-state index in [9.17, 15) is 8.76 Å². The molecule has 0 saturated heterocycles. The van der Waals surface area contributed by atoms with Gasteiger partial charge in [0, 0.05) is 17.2 Å². The molecule has 4 heteroatoms. The molecule has 2 aliphatic carbocycles. The lowest BCUT2D eigenvalue weighted by molar-refractivity contribution is 0.0742. The van der Waals surface area contributed by atoms with Crippen LogP contribution in [0.1, 0.15) is 33.1 Å². The maximum atomic E-state index is 11.2. The molecule has 2 saturated carbocycles. The third-order valence-corrected chi connectivity index (χ3v) is 6.14. The Bertz CT molecular complexity index is 316. The molecule has 2 bridgehead atoms. The second kappa shape index (κ2) is 3.79. The first kappa shape index (κ1) is 12.5. The normalized spacial score (nSPS) is 42.9. The van der Waals surface area contributed by atoms with E-state index in [1.165, 1.54) is 6.42 Å². The summed E-state index contributed by atoms with van der Waals surface area (Å²) in [5.41, 5.74) is 0.149. The van der Waals surface area contributed by atoms with Crippen LogP contribution >= 0.6 is 0 Å². The third kappa shape index (κ3) is 1.50. The second-order valence-corrected chi connectivity index (χ2v) is 7.17. The molecule has 1 unspecified atom stereocenters. The van der Waals surface area contributed by atoms with Crippen molar-refractivity contribution in [1.29, 1.82) is 0 Å². The molecule has 0 heterocycles. The molecule has 2 rings (SSSR count). The lowest BCUT2D eigenvalue weighted by atomic mass is 9.68. The van der Waals surface area contributed by atoms with Gasteiger partial charge in [-0.15, -0.1) is 0 Å². The van der Waals surface area contributed by atoms with Gasteiger partial charge in [0.05, 0.1) is 0 Å². The molecule has 0 spiro atoms. The number of nitrogens with zero attached hydrogens (tertiary/aromatic N) is 1. The molecular weight excluding hydrogens is 222 g/mol. The first-order valence-electron chi connectivity index (χ1n) is 6.03. The Labute approximate surface area is 101 Å². The van der Waals surface area contributed by atoms with Crippen molar-refractivity contribution in [1.82, 2.24) is 4.90 Å². The molecule has 0 N–H and O–H groups in total. The Kier molecular flexibility index (Phi) is 2.96. The lowest BCUT2D eigenvalue weighted by Crippen LogP contribution is -2.49. The van der Waals surface area contributed by atoms with Crippen LogP contribution in [0.15, 0.2) is 0 Å². The molecule has 2 fully saturated rings. The summed E-state index contributed by atoms with van der Waals surface area (Å²) in [5.74, 6) is 1.03. The first-order valence-corrected chi connectivity index (χ1v) is 7.28. The monoisotopic (exact) mass is 244 g/mol. The topological polar surface area (TPSA) is 43.4 Å². The highest BCUT2D eigenvalue weighted by molar-refractivity contribution is 7.79. The van der Waals surface area contributed by atoms with E-state index in [1.807, 2.05) is 0 Å². The lowest BCUT2D eigenvalue weighted by Gasteiger charge is -2.45. The van der Waals surface area contributed by atoms with Crippen molar-refractivity contribution in [2.75, 3.05) is 19.8 Å². The van der Waals surface area contributed by atoms with E-state index in [-0.39, 0.29) is 10.8 Å². The largest absolute Gasteiger partial charge is 0.772 e. The van der Waals surface area contributed by atoms with Crippen LogP contribution in [0.4, 0.5) is 0 Å². The molecule has 4 atom stereocenters. The Balaban J connectivity index is 2.37. The minimum absolute atomic E-state index is 0.0201. The fourth-order valence-electron chi connectivity index (χ4n) is 4.29. The van der Waals surface area contributed by atoms with Gasteiger partial charge in [-0.3, -0.25) is 4.21 Å². The van der Waals surface area contributed by atoms with Gasteiger partial charge in [0.25, 0.3) is 0 Å². The van der Waals surface area contributed by atoms with Crippen LogP contribution in [-0.2, 0) is 11.1 Å². The van der Waals surface area contributed by atoms with Gasteiger partial charge in [-0.2, -0.15) is 0 Å². The highest BCUT2D eigenvalue weighted by Crippen LogP contribution is 2.66. The summed E-state index contributed by atoms with van der Waals surface area (Å²) in [7, 11) is 4.16. The molecule has 0 aromatic carbocycles. The van der Waals surface area contributed by atoms with E-state index >= 15 is 0 Å². The number of hydrogen-bond acceptors (Lipinski definition) is 3. The van der Waals surface area contributed by atoms with Crippen molar-refractivity contribution in [3.8, 4) is 0 Å². The Hall–Kier alpha value is 0.0700. The standard InChI is InChI=1S/C12H23NO2S/c1-11(2)9-5-6-12(11,8-16(14)15)10(7-9)13(3)4/h9-10H,5-8H2,1-4H3,(H,14,15)/p-1/t9-,10-,12-/m0/s1. The predicted molar refractivity (Wildman–Crippen MR) is 64.8 cm³/mol. The van der Waals surface area contributed by atoms with Crippen molar-refractivity contribution in [3.05, 3.63) is 0 Å². The van der Waals surface area contributed by atoms with Gasteiger partial charge >= 0.3 is 0 Å². The predicted octanol–water partition coefficient (Wildman–Crippen LogP) is 1.62. The van der Waals surface area contributed by atoms with Crippen LogP contribution in [0.5, 0.6) is 0 Å². The molecule has 0 amide bonds. The molecular formula is C12H22NO2S-. The van der Waals surface area contributed by atoms with Gasteiger partial charge < -0.3 is 9.45 Å². The van der Waals surface area contributed by atoms with Crippen molar-refractivity contribution < 1.29 is 8.76 Å². The third-order valence-electron chi connectivity index (χ3n) is 5.39.